The Morgan fingerprint density at radius 1 is 1.05 bits per heavy atom. The first-order chi connectivity index (χ1) is 10.7. The molecule has 0 aliphatic carbocycles. The summed E-state index contributed by atoms with van der Waals surface area (Å²) in [5.41, 5.74) is 1.12. The first-order valence-electron chi connectivity index (χ1n) is 7.28. The number of tetrazole rings is 1. The Balaban J connectivity index is 1.63. The summed E-state index contributed by atoms with van der Waals surface area (Å²) in [6.45, 7) is 2.94. The third-order valence-corrected chi connectivity index (χ3v) is 3.74. The number of rotatable bonds is 5. The second-order valence-electron chi connectivity index (χ2n) is 5.30. The zero-order valence-electron chi connectivity index (χ0n) is 12.1. The van der Waals surface area contributed by atoms with Crippen molar-refractivity contribution in [1.82, 2.24) is 25.1 Å². The van der Waals surface area contributed by atoms with E-state index in [1.165, 1.54) is 0 Å². The van der Waals surface area contributed by atoms with Crippen molar-refractivity contribution < 1.29 is 8.78 Å². The third kappa shape index (κ3) is 3.56. The number of alkyl halides is 2. The van der Waals surface area contributed by atoms with Gasteiger partial charge in [0, 0.05) is 26.2 Å². The fourth-order valence-electron chi connectivity index (χ4n) is 2.61. The highest BCUT2D eigenvalue weighted by molar-refractivity contribution is 5.30. The van der Waals surface area contributed by atoms with Crippen LogP contribution in [0, 0.1) is 0 Å². The van der Waals surface area contributed by atoms with Gasteiger partial charge in [-0.25, -0.2) is 13.5 Å². The maximum Gasteiger partial charge on any atom is 0.251 e. The van der Waals surface area contributed by atoms with E-state index in [-0.39, 0.29) is 6.54 Å². The van der Waals surface area contributed by atoms with Gasteiger partial charge in [0.1, 0.15) is 0 Å². The van der Waals surface area contributed by atoms with E-state index < -0.39 is 6.43 Å². The summed E-state index contributed by atoms with van der Waals surface area (Å²) in [6.07, 6.45) is -2.28. The Bertz CT molecular complexity index is 580. The largest absolute Gasteiger partial charge is 0.337 e. The topological polar surface area (TPSA) is 50.1 Å². The highest BCUT2D eigenvalue weighted by Gasteiger charge is 2.23. The number of anilines is 1. The van der Waals surface area contributed by atoms with Crippen molar-refractivity contribution in [3.63, 3.8) is 0 Å². The maximum absolute atomic E-state index is 12.4. The molecule has 0 spiro atoms. The minimum absolute atomic E-state index is 0.164. The fraction of sp³-hybridized carbons (Fsp3) is 0.500. The van der Waals surface area contributed by atoms with Gasteiger partial charge in [-0.3, -0.25) is 4.90 Å². The summed E-state index contributed by atoms with van der Waals surface area (Å²) < 4.78 is 26.6. The van der Waals surface area contributed by atoms with Crippen molar-refractivity contribution in [2.45, 2.75) is 13.0 Å². The number of hydrogen-bond acceptors (Lipinski definition) is 5. The van der Waals surface area contributed by atoms with Crippen LogP contribution >= 0.6 is 0 Å². The van der Waals surface area contributed by atoms with Gasteiger partial charge in [-0.2, -0.15) is 0 Å². The summed E-state index contributed by atoms with van der Waals surface area (Å²) in [5, 5.41) is 11.9. The number of aromatic nitrogens is 4. The highest BCUT2D eigenvalue weighted by Crippen LogP contribution is 2.14. The van der Waals surface area contributed by atoms with Gasteiger partial charge in [0.25, 0.3) is 6.43 Å². The van der Waals surface area contributed by atoms with Crippen LogP contribution in [0.3, 0.4) is 0 Å². The Kier molecular flexibility index (Phi) is 4.57. The molecule has 1 aromatic heterocycles. The van der Waals surface area contributed by atoms with Crippen LogP contribution in [-0.4, -0.2) is 64.3 Å². The number of nitrogens with zero attached hydrogens (tertiary/aromatic N) is 6. The predicted octanol–water partition coefficient (Wildman–Crippen LogP) is 1.11. The molecule has 1 saturated heterocycles. The van der Waals surface area contributed by atoms with E-state index in [1.807, 2.05) is 35.2 Å². The molecule has 8 heteroatoms. The van der Waals surface area contributed by atoms with Crippen LogP contribution in [0.2, 0.25) is 0 Å². The second kappa shape index (κ2) is 6.78. The summed E-state index contributed by atoms with van der Waals surface area (Å²) in [5.74, 6) is 0.695. The van der Waals surface area contributed by atoms with E-state index in [0.717, 1.165) is 5.56 Å². The molecule has 0 unspecified atom stereocenters. The van der Waals surface area contributed by atoms with E-state index in [4.69, 9.17) is 0 Å². The molecule has 6 nitrogen and oxygen atoms in total. The lowest BCUT2D eigenvalue weighted by molar-refractivity contribution is 0.0852. The van der Waals surface area contributed by atoms with Gasteiger partial charge in [-0.05, 0) is 16.0 Å². The van der Waals surface area contributed by atoms with E-state index in [2.05, 4.69) is 15.5 Å². The molecular formula is C14H18F2N6. The van der Waals surface area contributed by atoms with Gasteiger partial charge in [0.2, 0.25) is 5.95 Å². The highest BCUT2D eigenvalue weighted by atomic mass is 19.3. The lowest BCUT2D eigenvalue weighted by Crippen LogP contribution is -2.48. The third-order valence-electron chi connectivity index (χ3n) is 3.74. The first kappa shape index (κ1) is 14.8. The van der Waals surface area contributed by atoms with Crippen LogP contribution in [0.1, 0.15) is 5.56 Å². The summed E-state index contributed by atoms with van der Waals surface area (Å²) in [6, 6.07) is 9.95. The SMILES string of the molecule is FC(F)CN1CCN(c2nnnn2Cc2ccccc2)CC1. The minimum Gasteiger partial charge on any atom is -0.337 e. The van der Waals surface area contributed by atoms with E-state index in [1.54, 1.807) is 9.58 Å². The molecular weight excluding hydrogens is 290 g/mol. The quantitative estimate of drug-likeness (QED) is 0.828. The number of piperazine rings is 1. The molecule has 1 aliphatic heterocycles. The lowest BCUT2D eigenvalue weighted by atomic mass is 10.2. The van der Waals surface area contributed by atoms with Crippen LogP contribution in [0.25, 0.3) is 0 Å². The normalized spacial score (nSPS) is 16.4. The molecule has 0 radical (unpaired) electrons. The van der Waals surface area contributed by atoms with Crippen LogP contribution < -0.4 is 4.90 Å². The molecule has 2 heterocycles. The van der Waals surface area contributed by atoms with Crippen molar-refractivity contribution in [1.29, 1.82) is 0 Å². The van der Waals surface area contributed by atoms with Crippen LogP contribution in [0.4, 0.5) is 14.7 Å². The molecule has 0 bridgehead atoms. The number of benzene rings is 1. The molecule has 0 N–H and O–H groups in total. The Labute approximate surface area is 127 Å². The Morgan fingerprint density at radius 3 is 2.45 bits per heavy atom. The maximum atomic E-state index is 12.4. The molecule has 0 atom stereocenters. The molecule has 2 aromatic rings. The molecule has 1 aliphatic rings. The zero-order chi connectivity index (χ0) is 15.4. The van der Waals surface area contributed by atoms with Crippen molar-refractivity contribution in [3.05, 3.63) is 35.9 Å². The molecule has 0 amide bonds. The van der Waals surface area contributed by atoms with E-state index in [0.29, 0.717) is 38.7 Å². The van der Waals surface area contributed by atoms with Gasteiger partial charge in [0.05, 0.1) is 13.1 Å². The minimum atomic E-state index is -2.28. The predicted molar refractivity (Wildman–Crippen MR) is 78.0 cm³/mol. The average molecular weight is 308 g/mol. The zero-order valence-corrected chi connectivity index (χ0v) is 12.1. The van der Waals surface area contributed by atoms with Gasteiger partial charge in [-0.15, -0.1) is 0 Å². The first-order valence-corrected chi connectivity index (χ1v) is 7.28. The monoisotopic (exact) mass is 308 g/mol. The van der Waals surface area contributed by atoms with E-state index in [9.17, 15) is 8.78 Å². The summed E-state index contributed by atoms with van der Waals surface area (Å²) in [7, 11) is 0. The van der Waals surface area contributed by atoms with Gasteiger partial charge in [-0.1, -0.05) is 35.4 Å². The van der Waals surface area contributed by atoms with Gasteiger partial charge >= 0.3 is 0 Å². The van der Waals surface area contributed by atoms with Gasteiger partial charge in [0.15, 0.2) is 0 Å². The average Bonchev–Trinajstić information content (AvgIpc) is 2.97. The van der Waals surface area contributed by atoms with Crippen LogP contribution in [0.15, 0.2) is 30.3 Å². The Morgan fingerprint density at radius 2 is 1.77 bits per heavy atom. The fourth-order valence-corrected chi connectivity index (χ4v) is 2.61. The summed E-state index contributed by atoms with van der Waals surface area (Å²) in [4.78, 5) is 3.82. The standard InChI is InChI=1S/C14H18F2N6/c15-13(16)11-20-6-8-21(9-7-20)14-17-18-19-22(14)10-12-4-2-1-3-5-12/h1-5,13H,6-11H2. The van der Waals surface area contributed by atoms with Crippen molar-refractivity contribution in [3.8, 4) is 0 Å². The molecule has 22 heavy (non-hydrogen) atoms. The molecule has 118 valence electrons. The number of hydrogen-bond donors (Lipinski definition) is 0. The van der Waals surface area contributed by atoms with Crippen LogP contribution in [0.5, 0.6) is 0 Å². The molecule has 3 rings (SSSR count). The number of halogens is 2. The van der Waals surface area contributed by atoms with Crippen molar-refractivity contribution >= 4 is 5.95 Å². The van der Waals surface area contributed by atoms with Gasteiger partial charge < -0.3 is 4.90 Å². The molecule has 1 fully saturated rings. The second-order valence-corrected chi connectivity index (χ2v) is 5.30. The summed E-state index contributed by atoms with van der Waals surface area (Å²) >= 11 is 0. The van der Waals surface area contributed by atoms with Crippen molar-refractivity contribution in [2.24, 2.45) is 0 Å². The lowest BCUT2D eigenvalue weighted by Gasteiger charge is -2.34. The Hall–Kier alpha value is -2.09. The van der Waals surface area contributed by atoms with Crippen molar-refractivity contribution in [2.75, 3.05) is 37.6 Å². The molecule has 1 aromatic carbocycles. The van der Waals surface area contributed by atoms with E-state index >= 15 is 0 Å². The molecule has 0 saturated carbocycles. The smallest absolute Gasteiger partial charge is 0.251 e. The van der Waals surface area contributed by atoms with Crippen LogP contribution in [-0.2, 0) is 6.54 Å².